The number of carbonyl (C=O) groups is 1. The molecule has 1 heterocycles. The van der Waals surface area contributed by atoms with Crippen molar-refractivity contribution in [3.8, 4) is 0 Å². The zero-order valence-electron chi connectivity index (χ0n) is 8.43. The molecule has 15 heavy (non-hydrogen) atoms. The van der Waals surface area contributed by atoms with Gasteiger partial charge in [0.05, 0.1) is 5.03 Å². The third-order valence-electron chi connectivity index (χ3n) is 2.18. The molecule has 0 aromatic heterocycles. The second-order valence-electron chi connectivity index (χ2n) is 3.24. The molecular formula is C11H13NO2S. The summed E-state index contributed by atoms with van der Waals surface area (Å²) in [5.74, 6) is -0.200. The Labute approximate surface area is 91.5 Å². The van der Waals surface area contributed by atoms with Crippen LogP contribution in [0.1, 0.15) is 18.9 Å². The van der Waals surface area contributed by atoms with E-state index in [1.165, 1.54) is 0 Å². The fourth-order valence-electron chi connectivity index (χ4n) is 1.42. The van der Waals surface area contributed by atoms with Gasteiger partial charge in [0.15, 0.2) is 0 Å². The first-order chi connectivity index (χ1) is 7.22. The van der Waals surface area contributed by atoms with Gasteiger partial charge in [-0.15, -0.1) is 0 Å². The van der Waals surface area contributed by atoms with E-state index in [-0.39, 0.29) is 5.97 Å². The summed E-state index contributed by atoms with van der Waals surface area (Å²) in [6.45, 7) is 1.78. The average Bonchev–Trinajstić information content (AvgIpc) is 2.55. The van der Waals surface area contributed by atoms with Crippen LogP contribution in [-0.4, -0.2) is 5.97 Å². The van der Waals surface area contributed by atoms with Gasteiger partial charge in [-0.1, -0.05) is 25.1 Å². The highest BCUT2D eigenvalue weighted by atomic mass is 32.2. The summed E-state index contributed by atoms with van der Waals surface area (Å²) in [7, 11) is 0. The van der Waals surface area contributed by atoms with Crippen molar-refractivity contribution in [2.45, 2.75) is 18.2 Å². The first-order valence-corrected chi connectivity index (χ1v) is 6.05. The van der Waals surface area contributed by atoms with Gasteiger partial charge < -0.3 is 9.92 Å². The van der Waals surface area contributed by atoms with Gasteiger partial charge in [0.2, 0.25) is 0 Å². The Morgan fingerprint density at radius 1 is 1.47 bits per heavy atom. The third-order valence-corrected chi connectivity index (χ3v) is 4.00. The summed E-state index contributed by atoms with van der Waals surface area (Å²) in [5, 5.41) is 0.660. The first-order valence-electron chi connectivity index (χ1n) is 4.79. The van der Waals surface area contributed by atoms with Crippen LogP contribution in [-0.2, 0) is 8.98 Å². The maximum absolute atomic E-state index is 11.2. The smallest absolute Gasteiger partial charge is 0.316 e. The number of benzene rings is 1. The Kier molecular flexibility index (Phi) is 2.68. The van der Waals surface area contributed by atoms with Crippen LogP contribution in [0.15, 0.2) is 34.2 Å². The maximum Gasteiger partial charge on any atom is 0.316 e. The van der Waals surface area contributed by atoms with Crippen molar-refractivity contribution in [1.82, 2.24) is 0 Å². The van der Waals surface area contributed by atoms with Crippen molar-refractivity contribution in [3.63, 3.8) is 0 Å². The molecule has 1 aliphatic rings. The lowest BCUT2D eigenvalue weighted by Crippen LogP contribution is -2.04. The second kappa shape index (κ2) is 3.98. The fraction of sp³-hybridized carbons (Fsp3) is 0.182. The molecule has 0 radical (unpaired) electrons. The SMILES string of the molecule is CCC(=O)O[SH]1C(N)=Cc2ccccc21. The van der Waals surface area contributed by atoms with E-state index in [4.69, 9.17) is 9.92 Å². The van der Waals surface area contributed by atoms with Gasteiger partial charge in [-0.05, 0) is 28.9 Å². The highest BCUT2D eigenvalue weighted by Crippen LogP contribution is 2.50. The molecule has 2 N–H and O–H groups in total. The lowest BCUT2D eigenvalue weighted by atomic mass is 10.2. The van der Waals surface area contributed by atoms with Crippen LogP contribution in [0.5, 0.6) is 0 Å². The number of thiol groups is 1. The summed E-state index contributed by atoms with van der Waals surface area (Å²) in [4.78, 5) is 12.3. The van der Waals surface area contributed by atoms with Gasteiger partial charge in [0.25, 0.3) is 0 Å². The zero-order valence-corrected chi connectivity index (χ0v) is 9.33. The number of rotatable bonds is 2. The van der Waals surface area contributed by atoms with E-state index in [0.29, 0.717) is 11.4 Å². The molecule has 2 rings (SSSR count). The van der Waals surface area contributed by atoms with Crippen molar-refractivity contribution in [1.29, 1.82) is 0 Å². The average molecular weight is 223 g/mol. The standard InChI is InChI=1S/C11H13NO2S/c1-2-11(13)14-15-9-6-4-3-5-8(9)7-10(15)12/h3-7,15H,2,12H2,1H3. The van der Waals surface area contributed by atoms with Gasteiger partial charge >= 0.3 is 5.97 Å². The molecule has 0 amide bonds. The number of hydrogen-bond donors (Lipinski definition) is 2. The first kappa shape index (κ1) is 10.1. The van der Waals surface area contributed by atoms with Gasteiger partial charge in [-0.2, -0.15) is 0 Å². The van der Waals surface area contributed by atoms with E-state index in [9.17, 15) is 4.79 Å². The number of fused-ring (bicyclic) bond motifs is 1. The Balaban J connectivity index is 2.27. The van der Waals surface area contributed by atoms with Crippen LogP contribution in [0.4, 0.5) is 0 Å². The molecule has 3 nitrogen and oxygen atoms in total. The Morgan fingerprint density at radius 3 is 2.93 bits per heavy atom. The normalized spacial score (nSPS) is 20.6. The van der Waals surface area contributed by atoms with E-state index in [1.54, 1.807) is 6.92 Å². The minimum atomic E-state index is -1.08. The molecule has 0 fully saturated rings. The number of carbonyl (C=O) groups excluding carboxylic acids is 1. The number of nitrogens with two attached hydrogens (primary N) is 1. The highest BCUT2D eigenvalue weighted by molar-refractivity contribution is 8.17. The molecular weight excluding hydrogens is 210 g/mol. The molecule has 4 heteroatoms. The van der Waals surface area contributed by atoms with Crippen LogP contribution >= 0.6 is 11.2 Å². The largest absolute Gasteiger partial charge is 0.408 e. The molecule has 80 valence electrons. The molecule has 1 unspecified atom stereocenters. The Morgan fingerprint density at radius 2 is 2.20 bits per heavy atom. The molecule has 1 aromatic rings. The summed E-state index contributed by atoms with van der Waals surface area (Å²) < 4.78 is 5.33. The van der Waals surface area contributed by atoms with Crippen LogP contribution < -0.4 is 5.73 Å². The van der Waals surface area contributed by atoms with Crippen molar-refractivity contribution < 1.29 is 8.98 Å². The molecule has 0 saturated heterocycles. The minimum absolute atomic E-state index is 0.200. The van der Waals surface area contributed by atoms with Gasteiger partial charge in [-0.25, -0.2) is 0 Å². The molecule has 1 atom stereocenters. The maximum atomic E-state index is 11.2. The Hall–Kier alpha value is -1.42. The fourth-order valence-corrected chi connectivity index (χ4v) is 3.09. The lowest BCUT2D eigenvalue weighted by molar-refractivity contribution is -0.132. The summed E-state index contributed by atoms with van der Waals surface area (Å²) in [5.41, 5.74) is 6.91. The van der Waals surface area contributed by atoms with Crippen LogP contribution in [0.25, 0.3) is 6.08 Å². The summed E-state index contributed by atoms with van der Waals surface area (Å²) in [6, 6.07) is 7.81. The predicted molar refractivity (Wildman–Crippen MR) is 62.2 cm³/mol. The van der Waals surface area contributed by atoms with Crippen LogP contribution in [0, 0.1) is 0 Å². The summed E-state index contributed by atoms with van der Waals surface area (Å²) in [6.07, 6.45) is 2.26. The van der Waals surface area contributed by atoms with Crippen molar-refractivity contribution in [2.24, 2.45) is 5.73 Å². The van der Waals surface area contributed by atoms with Gasteiger partial charge in [0.1, 0.15) is 0 Å². The second-order valence-corrected chi connectivity index (χ2v) is 5.01. The topological polar surface area (TPSA) is 52.3 Å². The third kappa shape index (κ3) is 1.85. The van der Waals surface area contributed by atoms with Gasteiger partial charge in [0, 0.05) is 11.3 Å². The molecule has 1 aromatic carbocycles. The van der Waals surface area contributed by atoms with Crippen molar-refractivity contribution in [2.75, 3.05) is 0 Å². The van der Waals surface area contributed by atoms with Gasteiger partial charge in [-0.3, -0.25) is 4.79 Å². The zero-order chi connectivity index (χ0) is 10.8. The lowest BCUT2D eigenvalue weighted by Gasteiger charge is -2.18. The molecule has 0 bridgehead atoms. The van der Waals surface area contributed by atoms with E-state index < -0.39 is 11.2 Å². The monoisotopic (exact) mass is 223 g/mol. The van der Waals surface area contributed by atoms with Crippen LogP contribution in [0.2, 0.25) is 0 Å². The quantitative estimate of drug-likeness (QED) is 0.756. The number of hydrogen-bond acceptors (Lipinski definition) is 3. The summed E-state index contributed by atoms with van der Waals surface area (Å²) >= 11 is -1.08. The minimum Gasteiger partial charge on any atom is -0.408 e. The van der Waals surface area contributed by atoms with E-state index in [0.717, 1.165) is 10.5 Å². The molecule has 0 saturated carbocycles. The molecule has 0 aliphatic carbocycles. The van der Waals surface area contributed by atoms with E-state index in [2.05, 4.69) is 0 Å². The van der Waals surface area contributed by atoms with E-state index >= 15 is 0 Å². The molecule has 1 aliphatic heterocycles. The van der Waals surface area contributed by atoms with Crippen LogP contribution in [0.3, 0.4) is 0 Å². The predicted octanol–water partition coefficient (Wildman–Crippen LogP) is 2.19. The highest BCUT2D eigenvalue weighted by Gasteiger charge is 2.22. The van der Waals surface area contributed by atoms with Crippen molar-refractivity contribution >= 4 is 23.2 Å². The molecule has 0 spiro atoms. The van der Waals surface area contributed by atoms with E-state index in [1.807, 2.05) is 30.3 Å². The van der Waals surface area contributed by atoms with Crippen molar-refractivity contribution in [3.05, 3.63) is 34.9 Å². The Bertz CT molecular complexity index is 428.